The molecule has 4 N–H and O–H groups in total. The van der Waals surface area contributed by atoms with Gasteiger partial charge in [0.05, 0.1) is 0 Å². The van der Waals surface area contributed by atoms with Gasteiger partial charge in [-0.25, -0.2) is 0 Å². The van der Waals surface area contributed by atoms with E-state index in [0.29, 0.717) is 5.69 Å². The Labute approximate surface area is 106 Å². The molecular weight excluding hydrogens is 267 g/mol. The van der Waals surface area contributed by atoms with Crippen LogP contribution in [0.3, 0.4) is 0 Å². The molecule has 0 atom stereocenters. The first-order valence-electron chi connectivity index (χ1n) is 4.79. The average Bonchev–Trinajstić information content (AvgIpc) is 2.24. The zero-order chi connectivity index (χ0) is 13.8. The number of carbonyl (C=O) groups is 1. The highest BCUT2D eigenvalue weighted by Crippen LogP contribution is 2.14. The number of thiocarbonyl (C=S) groups is 1. The predicted molar refractivity (Wildman–Crippen MR) is 65.2 cm³/mol. The van der Waals surface area contributed by atoms with E-state index >= 15 is 0 Å². The first-order valence-corrected chi connectivity index (χ1v) is 5.20. The number of nitrogens with one attached hydrogen (secondary N) is 2. The van der Waals surface area contributed by atoms with Gasteiger partial charge < -0.3 is 16.4 Å². The summed E-state index contributed by atoms with van der Waals surface area (Å²) in [7, 11) is 0. The molecule has 0 bridgehead atoms. The van der Waals surface area contributed by atoms with Crippen LogP contribution in [-0.2, 0) is 0 Å². The van der Waals surface area contributed by atoms with E-state index in [9.17, 15) is 18.0 Å². The highest BCUT2D eigenvalue weighted by Gasteiger charge is 2.27. The molecule has 4 nitrogen and oxygen atoms in total. The second-order valence-corrected chi connectivity index (χ2v) is 3.81. The molecule has 98 valence electrons. The Hall–Kier alpha value is -1.83. The summed E-state index contributed by atoms with van der Waals surface area (Å²) in [6.45, 7) is -1.38. The number of halogens is 3. The van der Waals surface area contributed by atoms with Gasteiger partial charge in [0.15, 0.2) is 5.11 Å². The molecule has 1 aromatic carbocycles. The van der Waals surface area contributed by atoms with Gasteiger partial charge in [0.2, 0.25) is 0 Å². The lowest BCUT2D eigenvalue weighted by Gasteiger charge is -2.09. The van der Waals surface area contributed by atoms with E-state index in [1.807, 2.05) is 0 Å². The van der Waals surface area contributed by atoms with E-state index in [1.54, 1.807) is 11.4 Å². The summed E-state index contributed by atoms with van der Waals surface area (Å²) < 4.78 is 35.8. The van der Waals surface area contributed by atoms with Crippen molar-refractivity contribution < 1.29 is 18.0 Å². The smallest absolute Gasteiger partial charge is 0.376 e. The molecule has 1 aromatic rings. The summed E-state index contributed by atoms with van der Waals surface area (Å²) >= 11 is 4.60. The Balaban J connectivity index is 2.71. The quantitative estimate of drug-likeness (QED) is 0.735. The van der Waals surface area contributed by atoms with E-state index in [0.717, 1.165) is 0 Å². The van der Waals surface area contributed by atoms with Crippen LogP contribution in [0.15, 0.2) is 24.3 Å². The molecule has 0 saturated carbocycles. The first-order chi connectivity index (χ1) is 8.28. The van der Waals surface area contributed by atoms with Crippen molar-refractivity contribution in [3.63, 3.8) is 0 Å². The molecule has 0 aromatic heterocycles. The first kappa shape index (κ1) is 14.2. The van der Waals surface area contributed by atoms with Gasteiger partial charge in [-0.3, -0.25) is 4.79 Å². The molecule has 0 heterocycles. The van der Waals surface area contributed by atoms with Crippen molar-refractivity contribution in [2.75, 3.05) is 11.9 Å². The van der Waals surface area contributed by atoms with Crippen molar-refractivity contribution in [3.8, 4) is 0 Å². The fourth-order valence-corrected chi connectivity index (χ4v) is 1.28. The highest BCUT2D eigenvalue weighted by molar-refractivity contribution is 7.80. The number of amides is 1. The topological polar surface area (TPSA) is 67.1 Å². The number of hydrogen-bond donors (Lipinski definition) is 3. The maximum Gasteiger partial charge on any atom is 0.405 e. The number of carbonyl (C=O) groups excluding carboxylic acids is 1. The molecule has 1 amide bonds. The Morgan fingerprint density at radius 1 is 1.39 bits per heavy atom. The van der Waals surface area contributed by atoms with Crippen LogP contribution in [0.5, 0.6) is 0 Å². The highest BCUT2D eigenvalue weighted by atomic mass is 32.1. The van der Waals surface area contributed by atoms with Crippen molar-refractivity contribution in [3.05, 3.63) is 29.8 Å². The summed E-state index contributed by atoms with van der Waals surface area (Å²) in [6, 6.07) is 5.82. The van der Waals surface area contributed by atoms with E-state index < -0.39 is 18.6 Å². The fourth-order valence-electron chi connectivity index (χ4n) is 1.16. The molecule has 0 spiro atoms. The number of anilines is 1. The van der Waals surface area contributed by atoms with Crippen LogP contribution in [0.2, 0.25) is 0 Å². The lowest BCUT2D eigenvalue weighted by atomic mass is 10.2. The van der Waals surface area contributed by atoms with Crippen LogP contribution < -0.4 is 16.4 Å². The van der Waals surface area contributed by atoms with Gasteiger partial charge in [0.25, 0.3) is 5.91 Å². The zero-order valence-corrected chi connectivity index (χ0v) is 9.86. The molecule has 0 aliphatic rings. The maximum atomic E-state index is 11.9. The third-order valence-corrected chi connectivity index (χ3v) is 1.94. The van der Waals surface area contributed by atoms with E-state index in [-0.39, 0.29) is 10.7 Å². The minimum absolute atomic E-state index is 0.00264. The molecular formula is C10H10F3N3OS. The third-order valence-electron chi connectivity index (χ3n) is 1.84. The fraction of sp³-hybridized carbons (Fsp3) is 0.200. The monoisotopic (exact) mass is 277 g/mol. The SMILES string of the molecule is NC(=S)Nc1cccc(C(=O)NCC(F)(F)F)c1. The normalized spacial score (nSPS) is 10.8. The summed E-state index contributed by atoms with van der Waals surface area (Å²) in [4.78, 5) is 11.4. The maximum absolute atomic E-state index is 11.9. The Morgan fingerprint density at radius 2 is 2.06 bits per heavy atom. The Morgan fingerprint density at radius 3 is 2.61 bits per heavy atom. The van der Waals surface area contributed by atoms with Crippen LogP contribution in [0.1, 0.15) is 10.4 Å². The van der Waals surface area contributed by atoms with Crippen molar-refractivity contribution >= 4 is 28.9 Å². The minimum Gasteiger partial charge on any atom is -0.376 e. The molecule has 0 aliphatic carbocycles. The van der Waals surface area contributed by atoms with Gasteiger partial charge in [0.1, 0.15) is 6.54 Å². The molecule has 18 heavy (non-hydrogen) atoms. The van der Waals surface area contributed by atoms with Gasteiger partial charge in [-0.2, -0.15) is 13.2 Å². The Kier molecular flexibility index (Phi) is 4.49. The van der Waals surface area contributed by atoms with Gasteiger partial charge in [-0.1, -0.05) is 6.07 Å². The average molecular weight is 277 g/mol. The van der Waals surface area contributed by atoms with E-state index in [4.69, 9.17) is 5.73 Å². The van der Waals surface area contributed by atoms with Gasteiger partial charge in [-0.05, 0) is 30.4 Å². The predicted octanol–water partition coefficient (Wildman–Crippen LogP) is 1.63. The number of alkyl halides is 3. The molecule has 8 heteroatoms. The molecule has 1 rings (SSSR count). The van der Waals surface area contributed by atoms with Crippen LogP contribution >= 0.6 is 12.2 Å². The van der Waals surface area contributed by atoms with Crippen molar-refractivity contribution in [2.24, 2.45) is 5.73 Å². The van der Waals surface area contributed by atoms with Crippen molar-refractivity contribution in [1.29, 1.82) is 0 Å². The molecule has 0 saturated heterocycles. The second-order valence-electron chi connectivity index (χ2n) is 3.37. The Bertz CT molecular complexity index is 462. The molecule has 0 aliphatic heterocycles. The van der Waals surface area contributed by atoms with Crippen LogP contribution in [0, 0.1) is 0 Å². The number of hydrogen-bond acceptors (Lipinski definition) is 2. The van der Waals surface area contributed by atoms with Crippen LogP contribution in [-0.4, -0.2) is 23.7 Å². The van der Waals surface area contributed by atoms with Gasteiger partial charge >= 0.3 is 6.18 Å². The minimum atomic E-state index is -4.44. The number of benzene rings is 1. The lowest BCUT2D eigenvalue weighted by molar-refractivity contribution is -0.123. The summed E-state index contributed by atoms with van der Waals surface area (Å²) in [5.74, 6) is -0.820. The van der Waals surface area contributed by atoms with E-state index in [1.165, 1.54) is 18.2 Å². The van der Waals surface area contributed by atoms with Gasteiger partial charge in [-0.15, -0.1) is 0 Å². The molecule has 0 radical (unpaired) electrons. The van der Waals surface area contributed by atoms with Crippen LogP contribution in [0.25, 0.3) is 0 Å². The van der Waals surface area contributed by atoms with Crippen molar-refractivity contribution in [2.45, 2.75) is 6.18 Å². The number of nitrogens with two attached hydrogens (primary N) is 1. The molecule has 0 unspecified atom stereocenters. The summed E-state index contributed by atoms with van der Waals surface area (Å²) in [5.41, 5.74) is 5.75. The lowest BCUT2D eigenvalue weighted by Crippen LogP contribution is -2.33. The van der Waals surface area contributed by atoms with E-state index in [2.05, 4.69) is 17.5 Å². The standard InChI is InChI=1S/C10H10F3N3OS/c11-10(12,13)5-15-8(17)6-2-1-3-7(4-6)16-9(14)18/h1-4H,5H2,(H,15,17)(H3,14,16,18). The largest absolute Gasteiger partial charge is 0.405 e. The van der Waals surface area contributed by atoms with Crippen molar-refractivity contribution in [1.82, 2.24) is 5.32 Å². The number of rotatable bonds is 3. The summed E-state index contributed by atoms with van der Waals surface area (Å²) in [5, 5.41) is 4.35. The third kappa shape index (κ3) is 5.00. The molecule has 0 fully saturated rings. The summed E-state index contributed by atoms with van der Waals surface area (Å²) in [6.07, 6.45) is -4.44. The van der Waals surface area contributed by atoms with Crippen LogP contribution in [0.4, 0.5) is 18.9 Å². The van der Waals surface area contributed by atoms with Gasteiger partial charge in [0, 0.05) is 11.3 Å². The zero-order valence-electron chi connectivity index (χ0n) is 9.04. The second kappa shape index (κ2) is 5.67.